The minimum absolute atomic E-state index is 0.0477. The zero-order chi connectivity index (χ0) is 16.0. The van der Waals surface area contributed by atoms with E-state index < -0.39 is 26.6 Å². The van der Waals surface area contributed by atoms with Crippen LogP contribution in [-0.4, -0.2) is 49.2 Å². The number of carboxylic acid groups (broad SMARTS) is 2. The third-order valence-corrected chi connectivity index (χ3v) is 4.15. The molecule has 0 radical (unpaired) electrons. The van der Waals surface area contributed by atoms with E-state index in [4.69, 9.17) is 23.5 Å². The fraction of sp³-hybridized carbons (Fsp3) is 0.333. The van der Waals surface area contributed by atoms with Crippen molar-refractivity contribution in [3.05, 3.63) is 29.3 Å². The Kier molecular flexibility index (Phi) is 5.85. The van der Waals surface area contributed by atoms with Crippen molar-refractivity contribution in [2.24, 2.45) is 0 Å². The predicted molar refractivity (Wildman–Crippen MR) is 72.2 cm³/mol. The van der Waals surface area contributed by atoms with E-state index in [2.05, 4.69) is 0 Å². The molecule has 1 rings (SSSR count). The van der Waals surface area contributed by atoms with E-state index in [1.165, 1.54) is 6.07 Å². The molecule has 0 aliphatic heterocycles. The summed E-state index contributed by atoms with van der Waals surface area (Å²) in [6.07, 6.45) is 0. The Morgan fingerprint density at radius 3 is 2.00 bits per heavy atom. The van der Waals surface area contributed by atoms with E-state index in [1.807, 2.05) is 0 Å². The summed E-state index contributed by atoms with van der Waals surface area (Å²) in [6.45, 7) is 3.55. The third kappa shape index (κ3) is 4.53. The molecule has 1 aromatic rings. The van der Waals surface area contributed by atoms with Crippen LogP contribution in [0.5, 0.6) is 5.75 Å². The highest BCUT2D eigenvalue weighted by Crippen LogP contribution is 2.21. The van der Waals surface area contributed by atoms with E-state index in [1.54, 1.807) is 13.8 Å². The number of rotatable bonds is 8. The van der Waals surface area contributed by atoms with E-state index in [0.29, 0.717) is 0 Å². The molecule has 0 aliphatic carbocycles. The third-order valence-electron chi connectivity index (χ3n) is 2.35. The van der Waals surface area contributed by atoms with E-state index in [-0.39, 0.29) is 24.5 Å². The van der Waals surface area contributed by atoms with Gasteiger partial charge in [-0.2, -0.15) is 0 Å². The quantitative estimate of drug-likeness (QED) is 0.606. The maximum Gasteiger partial charge on any atom is 0.746 e. The van der Waals surface area contributed by atoms with Gasteiger partial charge in [0.15, 0.2) is 0 Å². The van der Waals surface area contributed by atoms with Crippen LogP contribution >= 0.6 is 0 Å². The molecule has 1 aromatic carbocycles. The van der Waals surface area contributed by atoms with Crippen molar-refractivity contribution in [3.8, 4) is 5.75 Å². The van der Waals surface area contributed by atoms with Gasteiger partial charge in [0.1, 0.15) is 5.75 Å². The summed E-state index contributed by atoms with van der Waals surface area (Å²) >= 11 is 0. The van der Waals surface area contributed by atoms with Crippen molar-refractivity contribution in [2.75, 3.05) is 13.2 Å². The minimum Gasteiger partial charge on any atom is -0.480 e. The second-order valence-corrected chi connectivity index (χ2v) is 5.64. The number of aromatic carboxylic acids is 2. The zero-order valence-corrected chi connectivity index (χ0v) is 12.5. The Labute approximate surface area is 122 Å². The number of carboxylic acids is 2. The van der Waals surface area contributed by atoms with Gasteiger partial charge in [0.25, 0.3) is 0 Å². The van der Waals surface area contributed by atoms with Gasteiger partial charge < -0.3 is 28.3 Å². The Morgan fingerprint density at radius 1 is 1.05 bits per heavy atom. The summed E-state index contributed by atoms with van der Waals surface area (Å²) < 4.78 is 15.3. The molecule has 0 unspecified atom stereocenters. The summed E-state index contributed by atoms with van der Waals surface area (Å²) in [4.78, 5) is 32.1. The lowest BCUT2D eigenvalue weighted by molar-refractivity contribution is 0.0404. The van der Waals surface area contributed by atoms with Crippen molar-refractivity contribution < 1.29 is 37.9 Å². The molecular formula is C12H16O8Si. The van der Waals surface area contributed by atoms with Crippen LogP contribution in [0.4, 0.5) is 0 Å². The second kappa shape index (κ2) is 7.18. The Bertz CT molecular complexity index is 524. The fourth-order valence-corrected chi connectivity index (χ4v) is 2.92. The highest BCUT2D eigenvalue weighted by Gasteiger charge is 2.43. The van der Waals surface area contributed by atoms with Gasteiger partial charge in [0.2, 0.25) is 0 Å². The molecule has 0 atom stereocenters. The van der Waals surface area contributed by atoms with Gasteiger partial charge in [-0.3, -0.25) is 0 Å². The van der Waals surface area contributed by atoms with Crippen LogP contribution in [0, 0.1) is 0 Å². The molecule has 0 amide bonds. The smallest absolute Gasteiger partial charge is 0.480 e. The molecule has 116 valence electrons. The molecule has 0 bridgehead atoms. The lowest BCUT2D eigenvalue weighted by atomic mass is 10.1. The Morgan fingerprint density at radius 2 is 1.57 bits per heavy atom. The monoisotopic (exact) mass is 316 g/mol. The van der Waals surface area contributed by atoms with Crippen LogP contribution in [0.3, 0.4) is 0 Å². The molecule has 0 saturated carbocycles. The molecule has 3 N–H and O–H groups in total. The van der Waals surface area contributed by atoms with Gasteiger partial charge in [-0.15, -0.1) is 0 Å². The molecule has 21 heavy (non-hydrogen) atoms. The standard InChI is InChI=1S/C12H16O8Si/c1-3-18-21(17,19-4-2)20-8-5-6-9(11(13)14)10(7-8)12(15)16/h5-7,17H,3-4H2,1-2H3,(H,13,14)(H,15,16). The Balaban J connectivity index is 3.11. The van der Waals surface area contributed by atoms with Crippen molar-refractivity contribution in [2.45, 2.75) is 13.8 Å². The first-order valence-corrected chi connectivity index (χ1v) is 7.80. The van der Waals surface area contributed by atoms with Crippen LogP contribution in [0.25, 0.3) is 0 Å². The van der Waals surface area contributed by atoms with Crippen molar-refractivity contribution in [3.63, 3.8) is 0 Å². The molecule has 0 fully saturated rings. The lowest BCUT2D eigenvalue weighted by Gasteiger charge is -2.22. The maximum absolute atomic E-state index is 11.1. The van der Waals surface area contributed by atoms with Crippen LogP contribution < -0.4 is 4.43 Å². The van der Waals surface area contributed by atoms with Gasteiger partial charge >= 0.3 is 21.0 Å². The summed E-state index contributed by atoms with van der Waals surface area (Å²) in [5.74, 6) is -2.84. The molecule has 0 saturated heterocycles. The zero-order valence-electron chi connectivity index (χ0n) is 11.5. The second-order valence-electron chi connectivity index (χ2n) is 3.81. The Hall–Kier alpha value is -1.94. The molecule has 0 spiro atoms. The normalized spacial score (nSPS) is 11.2. The summed E-state index contributed by atoms with van der Waals surface area (Å²) in [5.41, 5.74) is -0.836. The van der Waals surface area contributed by atoms with Gasteiger partial charge in [-0.1, -0.05) is 0 Å². The lowest BCUT2D eigenvalue weighted by Crippen LogP contribution is -2.49. The fourth-order valence-electron chi connectivity index (χ4n) is 1.56. The van der Waals surface area contributed by atoms with Gasteiger partial charge in [-0.25, -0.2) is 9.59 Å². The summed E-state index contributed by atoms with van der Waals surface area (Å²) in [7, 11) is -3.93. The first-order valence-electron chi connectivity index (χ1n) is 6.13. The number of carbonyl (C=O) groups is 2. The highest BCUT2D eigenvalue weighted by atomic mass is 28.4. The summed E-state index contributed by atoms with van der Waals surface area (Å²) in [6, 6.07) is 3.31. The van der Waals surface area contributed by atoms with Crippen LogP contribution in [0.1, 0.15) is 34.6 Å². The van der Waals surface area contributed by atoms with E-state index in [0.717, 1.165) is 12.1 Å². The van der Waals surface area contributed by atoms with E-state index >= 15 is 0 Å². The SMILES string of the molecule is CCO[Si](O)(OCC)Oc1ccc(C(=O)O)c(C(=O)O)c1. The predicted octanol–water partition coefficient (Wildman–Crippen LogP) is 0.963. The summed E-state index contributed by atoms with van der Waals surface area (Å²) in [5, 5.41) is 17.9. The molecule has 0 aliphatic rings. The average molecular weight is 316 g/mol. The van der Waals surface area contributed by atoms with Crippen molar-refractivity contribution >= 4 is 21.0 Å². The molecule has 9 heteroatoms. The van der Waals surface area contributed by atoms with Gasteiger partial charge in [0.05, 0.1) is 11.1 Å². The van der Waals surface area contributed by atoms with Crippen molar-refractivity contribution in [1.29, 1.82) is 0 Å². The molecular weight excluding hydrogens is 300 g/mol. The number of hydrogen-bond donors (Lipinski definition) is 3. The first-order chi connectivity index (χ1) is 9.83. The van der Waals surface area contributed by atoms with Crippen molar-refractivity contribution in [1.82, 2.24) is 0 Å². The van der Waals surface area contributed by atoms with Gasteiger partial charge in [-0.05, 0) is 32.0 Å². The largest absolute Gasteiger partial charge is 0.746 e. The maximum atomic E-state index is 11.1. The van der Waals surface area contributed by atoms with E-state index in [9.17, 15) is 14.4 Å². The number of hydrogen-bond acceptors (Lipinski definition) is 6. The number of benzene rings is 1. The highest BCUT2D eigenvalue weighted by molar-refractivity contribution is 6.52. The molecule has 8 nitrogen and oxygen atoms in total. The molecule has 0 aromatic heterocycles. The van der Waals surface area contributed by atoms with Crippen LogP contribution in [0.15, 0.2) is 18.2 Å². The molecule has 0 heterocycles. The minimum atomic E-state index is -3.93. The first kappa shape index (κ1) is 17.1. The van der Waals surface area contributed by atoms with Gasteiger partial charge in [0, 0.05) is 13.2 Å². The topological polar surface area (TPSA) is 123 Å². The average Bonchev–Trinajstić information content (AvgIpc) is 2.38. The van der Waals surface area contributed by atoms with Crippen LogP contribution in [-0.2, 0) is 8.85 Å². The van der Waals surface area contributed by atoms with Crippen LogP contribution in [0.2, 0.25) is 0 Å².